The van der Waals surface area contributed by atoms with E-state index in [-0.39, 0.29) is 5.52 Å². The monoisotopic (exact) mass is 538 g/mol. The lowest BCUT2D eigenvalue weighted by molar-refractivity contribution is 0.363. The summed E-state index contributed by atoms with van der Waals surface area (Å²) in [6, 6.07) is 7.19. The predicted octanol–water partition coefficient (Wildman–Crippen LogP) is 6.51. The molecule has 4 rings (SSSR count). The molecule has 0 N–H and O–H groups in total. The van der Waals surface area contributed by atoms with E-state index in [9.17, 15) is 4.39 Å². The van der Waals surface area contributed by atoms with Crippen molar-refractivity contribution in [2.75, 3.05) is 13.6 Å². The van der Waals surface area contributed by atoms with Gasteiger partial charge in [-0.15, -0.1) is 6.58 Å². The molecule has 0 aliphatic rings. The van der Waals surface area contributed by atoms with E-state index in [4.69, 9.17) is 11.6 Å². The van der Waals surface area contributed by atoms with E-state index in [2.05, 4.69) is 48.7 Å². The number of nitrogens with zero attached hydrogens (tertiary/aromatic N) is 4. The molecule has 0 bridgehead atoms. The van der Waals surface area contributed by atoms with Gasteiger partial charge in [-0.05, 0) is 42.4 Å². The molecule has 0 amide bonds. The van der Waals surface area contributed by atoms with Crippen LogP contribution in [0, 0.1) is 5.82 Å². The van der Waals surface area contributed by atoms with Gasteiger partial charge in [0.05, 0.1) is 5.02 Å². The predicted molar refractivity (Wildman–Crippen MR) is 129 cm³/mol. The fourth-order valence-corrected chi connectivity index (χ4v) is 4.88. The van der Waals surface area contributed by atoms with Gasteiger partial charge >= 0.3 is 0 Å². The van der Waals surface area contributed by atoms with E-state index in [1.54, 1.807) is 6.07 Å². The number of aromatic nitrogens is 3. The van der Waals surface area contributed by atoms with Crippen LogP contribution >= 0.6 is 41.9 Å². The second kappa shape index (κ2) is 8.59. The molecule has 4 aromatic rings. The lowest BCUT2D eigenvalue weighted by Gasteiger charge is -2.14. The first kappa shape index (κ1) is 20.6. The lowest BCUT2D eigenvalue weighted by Crippen LogP contribution is -2.17. The number of fused-ring (bicyclic) bond motifs is 2. The molecule has 0 atom stereocenters. The Morgan fingerprint density at radius 3 is 2.90 bits per heavy atom. The molecule has 0 saturated carbocycles. The van der Waals surface area contributed by atoms with Gasteiger partial charge in [0.1, 0.15) is 11.3 Å². The van der Waals surface area contributed by atoms with Gasteiger partial charge in [-0.2, -0.15) is 0 Å². The molecule has 0 fully saturated rings. The van der Waals surface area contributed by atoms with Crippen LogP contribution in [0.1, 0.15) is 5.56 Å². The lowest BCUT2D eigenvalue weighted by atomic mass is 10.0. The zero-order valence-corrected chi connectivity index (χ0v) is 19.3. The van der Waals surface area contributed by atoms with Gasteiger partial charge in [-0.3, -0.25) is 13.9 Å². The first-order chi connectivity index (χ1) is 14.0. The molecule has 1 aromatic carbocycles. The van der Waals surface area contributed by atoms with Gasteiger partial charge < -0.3 is 0 Å². The highest BCUT2D eigenvalue weighted by Gasteiger charge is 2.16. The van der Waals surface area contributed by atoms with E-state index in [1.165, 1.54) is 21.4 Å². The minimum absolute atomic E-state index is 0.276. The van der Waals surface area contributed by atoms with Crippen LogP contribution in [0.2, 0.25) is 5.02 Å². The summed E-state index contributed by atoms with van der Waals surface area (Å²) >= 11 is 8.52. The van der Waals surface area contributed by atoms with Gasteiger partial charge in [-0.25, -0.2) is 9.37 Å². The molecule has 8 heteroatoms. The SMILES string of the molecule is C=CCN(C)Cc1cnc2c(c1)c(-c1cc(F)c3nccc(Cl)c3c1)cn2SI. The van der Waals surface area contributed by atoms with Crippen LogP contribution in [-0.2, 0) is 6.54 Å². The van der Waals surface area contributed by atoms with E-state index in [1.807, 2.05) is 35.6 Å². The molecule has 0 saturated heterocycles. The van der Waals surface area contributed by atoms with Gasteiger partial charge in [-0.1, -0.05) is 17.7 Å². The Bertz CT molecular complexity index is 1230. The van der Waals surface area contributed by atoms with Crippen LogP contribution in [0.3, 0.4) is 0 Å². The van der Waals surface area contributed by atoms with Crippen molar-refractivity contribution >= 4 is 63.9 Å². The number of hydrogen-bond acceptors (Lipinski definition) is 4. The van der Waals surface area contributed by atoms with Crippen molar-refractivity contribution in [3.8, 4) is 11.1 Å². The van der Waals surface area contributed by atoms with Crippen molar-refractivity contribution in [3.63, 3.8) is 0 Å². The normalized spacial score (nSPS) is 11.6. The Kier molecular flexibility index (Phi) is 6.10. The summed E-state index contributed by atoms with van der Waals surface area (Å²) < 4.78 is 16.8. The van der Waals surface area contributed by atoms with Crippen LogP contribution in [0.15, 0.2) is 55.5 Å². The minimum atomic E-state index is -0.391. The first-order valence-corrected chi connectivity index (χ1v) is 12.5. The summed E-state index contributed by atoms with van der Waals surface area (Å²) in [6.07, 6.45) is 7.26. The maximum Gasteiger partial charge on any atom is 0.151 e. The zero-order valence-electron chi connectivity index (χ0n) is 15.6. The van der Waals surface area contributed by atoms with Crippen molar-refractivity contribution in [3.05, 3.63) is 71.9 Å². The van der Waals surface area contributed by atoms with Crippen LogP contribution in [0.25, 0.3) is 33.1 Å². The van der Waals surface area contributed by atoms with E-state index in [0.29, 0.717) is 10.4 Å². The van der Waals surface area contributed by atoms with Crippen LogP contribution in [0.5, 0.6) is 0 Å². The van der Waals surface area contributed by atoms with Crippen LogP contribution in [0.4, 0.5) is 4.39 Å². The summed E-state index contributed by atoms with van der Waals surface area (Å²) in [5.41, 5.74) is 3.86. The molecular formula is C21H17ClFIN4S. The largest absolute Gasteiger partial charge is 0.298 e. The third kappa shape index (κ3) is 4.01. The molecule has 0 unspecified atom stereocenters. The van der Waals surface area contributed by atoms with Gasteiger partial charge in [0.15, 0.2) is 5.65 Å². The number of benzene rings is 1. The Morgan fingerprint density at radius 1 is 1.31 bits per heavy atom. The second-order valence-electron chi connectivity index (χ2n) is 6.78. The molecule has 0 radical (unpaired) electrons. The van der Waals surface area contributed by atoms with Crippen molar-refractivity contribution < 1.29 is 4.39 Å². The van der Waals surface area contributed by atoms with Crippen molar-refractivity contribution in [1.29, 1.82) is 0 Å². The van der Waals surface area contributed by atoms with Crippen LogP contribution < -0.4 is 0 Å². The summed E-state index contributed by atoms with van der Waals surface area (Å²) in [7, 11) is 3.56. The number of rotatable bonds is 6. The van der Waals surface area contributed by atoms with Crippen molar-refractivity contribution in [1.82, 2.24) is 18.8 Å². The van der Waals surface area contributed by atoms with E-state index < -0.39 is 5.82 Å². The molecule has 4 nitrogen and oxygen atoms in total. The number of halogens is 3. The Labute approximate surface area is 189 Å². The second-order valence-corrected chi connectivity index (χ2v) is 8.91. The maximum absolute atomic E-state index is 14.8. The summed E-state index contributed by atoms with van der Waals surface area (Å²) in [4.78, 5) is 10.9. The highest BCUT2D eigenvalue weighted by molar-refractivity contribution is 14.2. The highest BCUT2D eigenvalue weighted by Crippen LogP contribution is 2.37. The quantitative estimate of drug-likeness (QED) is 0.207. The van der Waals surface area contributed by atoms with E-state index >= 15 is 0 Å². The fraction of sp³-hybridized carbons (Fsp3) is 0.143. The number of hydrogen-bond donors (Lipinski definition) is 0. The van der Waals surface area contributed by atoms with Crippen molar-refractivity contribution in [2.24, 2.45) is 0 Å². The van der Waals surface area contributed by atoms with Gasteiger partial charge in [0, 0.05) is 78.3 Å². The van der Waals surface area contributed by atoms with Crippen molar-refractivity contribution in [2.45, 2.75) is 6.54 Å². The molecule has 0 aliphatic heterocycles. The summed E-state index contributed by atoms with van der Waals surface area (Å²) in [5.74, 6) is -0.391. The third-order valence-electron chi connectivity index (χ3n) is 4.69. The molecular weight excluding hydrogens is 522 g/mol. The van der Waals surface area contributed by atoms with Gasteiger partial charge in [0.25, 0.3) is 0 Å². The Hall–Kier alpha value is -1.68. The molecule has 148 valence electrons. The molecule has 0 aliphatic carbocycles. The standard InChI is InChI=1S/C21H17ClFIN4S/c1-3-6-27(2)11-13-7-15-17(12-28(29-24)21(15)26-10-13)14-8-16-18(22)4-5-25-20(16)19(23)9-14/h3-5,7-10,12H,1,6,11H2,2H3. The molecule has 29 heavy (non-hydrogen) atoms. The van der Waals surface area contributed by atoms with Crippen LogP contribution in [-0.4, -0.2) is 32.4 Å². The number of pyridine rings is 2. The zero-order chi connectivity index (χ0) is 20.5. The maximum atomic E-state index is 14.8. The average Bonchev–Trinajstić information content (AvgIpc) is 3.07. The van der Waals surface area contributed by atoms with Gasteiger partial charge in [0.2, 0.25) is 0 Å². The van der Waals surface area contributed by atoms with E-state index in [0.717, 1.165) is 40.8 Å². The Balaban J connectivity index is 1.89. The summed E-state index contributed by atoms with van der Waals surface area (Å²) in [5, 5.41) is 2.05. The fourth-order valence-electron chi connectivity index (χ4n) is 3.42. The molecule has 0 spiro atoms. The molecule has 3 heterocycles. The smallest absolute Gasteiger partial charge is 0.151 e. The third-order valence-corrected chi connectivity index (χ3v) is 6.72. The minimum Gasteiger partial charge on any atom is -0.298 e. The Morgan fingerprint density at radius 2 is 2.14 bits per heavy atom. The molecule has 3 aromatic heterocycles. The summed E-state index contributed by atoms with van der Waals surface area (Å²) in [6.45, 7) is 5.32. The topological polar surface area (TPSA) is 34.0 Å². The first-order valence-electron chi connectivity index (χ1n) is 8.84. The number of likely N-dealkylation sites (N-methyl/N-ethyl adjacent to an activating group) is 1. The average molecular weight is 539 g/mol. The highest BCUT2D eigenvalue weighted by atomic mass is 127.